The van der Waals surface area contributed by atoms with Crippen LogP contribution in [0.25, 0.3) is 11.3 Å². The van der Waals surface area contributed by atoms with Gasteiger partial charge in [-0.1, -0.05) is 23.8 Å². The van der Waals surface area contributed by atoms with E-state index in [-0.39, 0.29) is 17.5 Å². The van der Waals surface area contributed by atoms with Gasteiger partial charge in [0.2, 0.25) is 0 Å². The van der Waals surface area contributed by atoms with Gasteiger partial charge in [0.1, 0.15) is 5.69 Å². The van der Waals surface area contributed by atoms with Gasteiger partial charge in [-0.3, -0.25) is 19.9 Å². The Balaban J connectivity index is 1.34. The predicted molar refractivity (Wildman–Crippen MR) is 124 cm³/mol. The van der Waals surface area contributed by atoms with Gasteiger partial charge in [-0.15, -0.1) is 11.3 Å². The van der Waals surface area contributed by atoms with E-state index in [4.69, 9.17) is 0 Å². The van der Waals surface area contributed by atoms with Gasteiger partial charge in [-0.25, -0.2) is 9.97 Å². The number of thiazole rings is 1. The van der Waals surface area contributed by atoms with E-state index in [1.807, 2.05) is 53.6 Å². The fourth-order valence-electron chi connectivity index (χ4n) is 3.75. The Morgan fingerprint density at radius 3 is 2.84 bits per heavy atom. The second-order valence-corrected chi connectivity index (χ2v) is 8.36. The van der Waals surface area contributed by atoms with Crippen molar-refractivity contribution in [1.29, 1.82) is 0 Å². The van der Waals surface area contributed by atoms with E-state index in [2.05, 4.69) is 26.3 Å². The zero-order valence-electron chi connectivity index (χ0n) is 17.3. The molecule has 8 heteroatoms. The molecule has 0 saturated heterocycles. The molecule has 1 N–H and O–H groups in total. The summed E-state index contributed by atoms with van der Waals surface area (Å²) >= 11 is 1.35. The van der Waals surface area contributed by atoms with E-state index in [1.165, 1.54) is 29.9 Å². The first-order valence-electron chi connectivity index (χ1n) is 10.1. The third-order valence-electron chi connectivity index (χ3n) is 5.30. The van der Waals surface area contributed by atoms with Crippen molar-refractivity contribution in [2.24, 2.45) is 0 Å². The summed E-state index contributed by atoms with van der Waals surface area (Å²) in [5, 5.41) is 5.15. The van der Waals surface area contributed by atoms with E-state index in [0.717, 1.165) is 34.5 Å². The summed E-state index contributed by atoms with van der Waals surface area (Å²) in [5.74, 6) is -0.332. The largest absolute Gasteiger partial charge is 0.308 e. The highest BCUT2D eigenvalue weighted by Crippen LogP contribution is 2.34. The van der Waals surface area contributed by atoms with Gasteiger partial charge in [0, 0.05) is 41.1 Å². The molecule has 3 heterocycles. The Kier molecular flexibility index (Phi) is 5.20. The number of hydrogen-bond donors (Lipinski definition) is 1. The molecule has 7 nitrogen and oxygen atoms in total. The van der Waals surface area contributed by atoms with Gasteiger partial charge in [0.05, 0.1) is 11.9 Å². The molecule has 4 aromatic rings. The quantitative estimate of drug-likeness (QED) is 0.508. The molecule has 2 amide bonds. The minimum atomic E-state index is -0.349. The lowest BCUT2D eigenvalue weighted by Crippen LogP contribution is -2.28. The number of nitrogens with one attached hydrogen (secondary N) is 1. The lowest BCUT2D eigenvalue weighted by atomic mass is 10.1. The third-order valence-corrected chi connectivity index (χ3v) is 6.06. The summed E-state index contributed by atoms with van der Waals surface area (Å²) in [4.78, 5) is 39.6. The Morgan fingerprint density at radius 1 is 1.12 bits per heavy atom. The van der Waals surface area contributed by atoms with Crippen molar-refractivity contribution >= 4 is 34.0 Å². The second kappa shape index (κ2) is 8.32. The maximum absolute atomic E-state index is 13.0. The number of amides is 2. The molecule has 0 saturated carbocycles. The minimum absolute atomic E-state index is 0.0165. The molecule has 2 aromatic carbocycles. The molecule has 0 unspecified atom stereocenters. The van der Waals surface area contributed by atoms with E-state index in [1.54, 1.807) is 0 Å². The van der Waals surface area contributed by atoms with Gasteiger partial charge in [0.25, 0.3) is 11.8 Å². The average molecular weight is 442 g/mol. The van der Waals surface area contributed by atoms with Crippen LogP contribution in [0.4, 0.5) is 10.8 Å². The highest BCUT2D eigenvalue weighted by atomic mass is 32.1. The smallest absolute Gasteiger partial charge is 0.277 e. The zero-order valence-corrected chi connectivity index (χ0v) is 18.1. The Hall–Kier alpha value is -3.91. The summed E-state index contributed by atoms with van der Waals surface area (Å²) in [6.45, 7) is 2.64. The minimum Gasteiger partial charge on any atom is -0.308 e. The summed E-state index contributed by atoms with van der Waals surface area (Å²) in [5.41, 5.74) is 5.77. The SMILES string of the molecule is Cc1cccc(C(=O)N2CCc3cc(-c4csc(NC(=O)c5cnccn5)n4)ccc32)c1. The van der Waals surface area contributed by atoms with Crippen molar-refractivity contribution in [1.82, 2.24) is 15.0 Å². The predicted octanol–water partition coefficient (Wildman–Crippen LogP) is 4.36. The van der Waals surface area contributed by atoms with E-state index >= 15 is 0 Å². The van der Waals surface area contributed by atoms with E-state index in [0.29, 0.717) is 17.2 Å². The standard InChI is InChI=1S/C24H19N5O2S/c1-15-3-2-4-18(11-15)23(31)29-10-7-17-12-16(5-6-21(17)29)20-14-32-24(27-20)28-22(30)19-13-25-8-9-26-19/h2-6,8-9,11-14H,7,10H2,1H3,(H,27,28,30). The first kappa shape index (κ1) is 20.0. The third kappa shape index (κ3) is 3.88. The molecule has 1 aliphatic heterocycles. The van der Waals surface area contributed by atoms with Crippen LogP contribution in [0, 0.1) is 6.92 Å². The van der Waals surface area contributed by atoms with Crippen LogP contribution in [0.3, 0.4) is 0 Å². The van der Waals surface area contributed by atoms with Crippen LogP contribution in [0.15, 0.2) is 66.4 Å². The average Bonchev–Trinajstić information content (AvgIpc) is 3.46. The van der Waals surface area contributed by atoms with Gasteiger partial charge in [-0.05, 0) is 43.2 Å². The number of benzene rings is 2. The van der Waals surface area contributed by atoms with Gasteiger partial charge >= 0.3 is 0 Å². The molecule has 0 atom stereocenters. The zero-order chi connectivity index (χ0) is 22.1. The normalized spacial score (nSPS) is 12.5. The van der Waals surface area contributed by atoms with E-state index < -0.39 is 0 Å². The van der Waals surface area contributed by atoms with Crippen molar-refractivity contribution in [3.63, 3.8) is 0 Å². The number of aryl methyl sites for hydroxylation is 1. The summed E-state index contributed by atoms with van der Waals surface area (Å²) < 4.78 is 0. The molecule has 0 fully saturated rings. The first-order valence-corrected chi connectivity index (χ1v) is 11.0. The van der Waals surface area contributed by atoms with Crippen molar-refractivity contribution in [2.45, 2.75) is 13.3 Å². The van der Waals surface area contributed by atoms with Gasteiger partial charge in [0.15, 0.2) is 5.13 Å². The molecular formula is C24H19N5O2S. The molecule has 0 bridgehead atoms. The lowest BCUT2D eigenvalue weighted by molar-refractivity contribution is 0.0987. The number of aromatic nitrogens is 3. The number of fused-ring (bicyclic) bond motifs is 1. The molecule has 1 aliphatic rings. The first-order chi connectivity index (χ1) is 15.6. The maximum atomic E-state index is 13.0. The van der Waals surface area contributed by atoms with Crippen LogP contribution < -0.4 is 10.2 Å². The summed E-state index contributed by atoms with van der Waals surface area (Å²) in [6, 6.07) is 13.7. The molecular weight excluding hydrogens is 422 g/mol. The topological polar surface area (TPSA) is 88.1 Å². The van der Waals surface area contributed by atoms with Crippen LogP contribution in [-0.4, -0.2) is 33.3 Å². The molecule has 5 rings (SSSR count). The van der Waals surface area contributed by atoms with Crippen LogP contribution >= 0.6 is 11.3 Å². The molecule has 158 valence electrons. The molecule has 2 aromatic heterocycles. The maximum Gasteiger partial charge on any atom is 0.277 e. The molecule has 0 radical (unpaired) electrons. The van der Waals surface area contributed by atoms with Crippen molar-refractivity contribution < 1.29 is 9.59 Å². The molecule has 0 aliphatic carbocycles. The number of anilines is 2. The second-order valence-electron chi connectivity index (χ2n) is 7.50. The molecule has 0 spiro atoms. The molecule has 32 heavy (non-hydrogen) atoms. The Morgan fingerprint density at radius 2 is 2.03 bits per heavy atom. The Bertz CT molecular complexity index is 1320. The number of rotatable bonds is 4. The van der Waals surface area contributed by atoms with Gasteiger partial charge in [-0.2, -0.15) is 0 Å². The summed E-state index contributed by atoms with van der Waals surface area (Å²) in [6.07, 6.45) is 5.19. The highest BCUT2D eigenvalue weighted by Gasteiger charge is 2.26. The van der Waals surface area contributed by atoms with Crippen LogP contribution in [-0.2, 0) is 6.42 Å². The highest BCUT2D eigenvalue weighted by molar-refractivity contribution is 7.14. The monoisotopic (exact) mass is 441 g/mol. The van der Waals surface area contributed by atoms with Crippen molar-refractivity contribution in [2.75, 3.05) is 16.8 Å². The van der Waals surface area contributed by atoms with Crippen molar-refractivity contribution in [3.8, 4) is 11.3 Å². The van der Waals surface area contributed by atoms with Crippen LogP contribution in [0.5, 0.6) is 0 Å². The fraction of sp³-hybridized carbons (Fsp3) is 0.125. The number of nitrogens with zero attached hydrogens (tertiary/aromatic N) is 4. The summed E-state index contributed by atoms with van der Waals surface area (Å²) in [7, 11) is 0. The van der Waals surface area contributed by atoms with Gasteiger partial charge < -0.3 is 4.90 Å². The Labute approximate surface area is 188 Å². The fourth-order valence-corrected chi connectivity index (χ4v) is 4.46. The van der Waals surface area contributed by atoms with Crippen LogP contribution in [0.1, 0.15) is 32.0 Å². The number of carbonyl (C=O) groups is 2. The van der Waals surface area contributed by atoms with Crippen LogP contribution in [0.2, 0.25) is 0 Å². The number of carbonyl (C=O) groups excluding carboxylic acids is 2. The van der Waals surface area contributed by atoms with E-state index in [9.17, 15) is 9.59 Å². The van der Waals surface area contributed by atoms with Crippen molar-refractivity contribution in [3.05, 3.63) is 88.8 Å². The number of hydrogen-bond acceptors (Lipinski definition) is 6. The lowest BCUT2D eigenvalue weighted by Gasteiger charge is -2.18.